The predicted octanol–water partition coefficient (Wildman–Crippen LogP) is 2.95. The van der Waals surface area contributed by atoms with E-state index in [0.29, 0.717) is 5.39 Å². The molecule has 1 aliphatic rings. The van der Waals surface area contributed by atoms with Gasteiger partial charge < -0.3 is 10.6 Å². The van der Waals surface area contributed by atoms with Crippen LogP contribution in [0.25, 0.3) is 10.9 Å². The van der Waals surface area contributed by atoms with Crippen LogP contribution in [0.5, 0.6) is 0 Å². The van der Waals surface area contributed by atoms with Crippen LogP contribution in [0, 0.1) is 11.7 Å². The summed E-state index contributed by atoms with van der Waals surface area (Å²) in [6.45, 7) is 1.50. The van der Waals surface area contributed by atoms with Crippen LogP contribution in [-0.2, 0) is 0 Å². The Bertz CT molecular complexity index is 778. The van der Waals surface area contributed by atoms with Crippen molar-refractivity contribution in [2.45, 2.75) is 19.3 Å². The van der Waals surface area contributed by atoms with E-state index in [9.17, 15) is 18.0 Å². The highest BCUT2D eigenvalue weighted by molar-refractivity contribution is 6.01. The van der Waals surface area contributed by atoms with Crippen molar-refractivity contribution in [1.29, 1.82) is 0 Å². The number of alkyl halides is 2. The molecule has 1 atom stereocenters. The maximum atomic E-state index is 13.9. The summed E-state index contributed by atoms with van der Waals surface area (Å²) < 4.78 is 41.3. The van der Waals surface area contributed by atoms with Crippen molar-refractivity contribution >= 4 is 22.6 Å². The van der Waals surface area contributed by atoms with E-state index >= 15 is 0 Å². The number of benzene rings is 1. The summed E-state index contributed by atoms with van der Waals surface area (Å²) in [5.41, 5.74) is 5.60. The van der Waals surface area contributed by atoms with E-state index in [-0.39, 0.29) is 36.4 Å². The molecule has 1 saturated heterocycles. The van der Waals surface area contributed by atoms with Crippen molar-refractivity contribution in [3.05, 3.63) is 35.6 Å². The van der Waals surface area contributed by atoms with Gasteiger partial charge in [0.15, 0.2) is 0 Å². The highest BCUT2D eigenvalue weighted by Gasteiger charge is 2.42. The van der Waals surface area contributed by atoms with Gasteiger partial charge in [-0.25, -0.2) is 18.2 Å². The van der Waals surface area contributed by atoms with Gasteiger partial charge in [-0.05, 0) is 12.1 Å². The minimum absolute atomic E-state index is 0.0280. The number of hydrogen-bond acceptors (Lipinski definition) is 3. The van der Waals surface area contributed by atoms with Crippen LogP contribution < -0.4 is 10.6 Å². The molecule has 0 radical (unpaired) electrons. The molecule has 1 amide bonds. The molecule has 23 heavy (non-hydrogen) atoms. The van der Waals surface area contributed by atoms with E-state index in [1.54, 1.807) is 11.0 Å². The lowest BCUT2D eigenvalue weighted by atomic mass is 9.95. The lowest BCUT2D eigenvalue weighted by Crippen LogP contribution is -2.46. The van der Waals surface area contributed by atoms with Crippen molar-refractivity contribution in [3.8, 4) is 0 Å². The molecule has 3 rings (SSSR count). The number of hydrogen-bond donors (Lipinski definition) is 1. The molecule has 1 fully saturated rings. The maximum Gasteiger partial charge on any atom is 0.254 e. The molecule has 0 aliphatic carbocycles. The second-order valence-corrected chi connectivity index (χ2v) is 5.89. The number of para-hydroxylation sites is 1. The predicted molar refractivity (Wildman–Crippen MR) is 81.2 cm³/mol. The second-order valence-electron chi connectivity index (χ2n) is 5.89. The Balaban J connectivity index is 2.10. The van der Waals surface area contributed by atoms with Crippen molar-refractivity contribution in [2.24, 2.45) is 11.7 Å². The molecule has 1 aliphatic heterocycles. The molecule has 1 aromatic heterocycles. The van der Waals surface area contributed by atoms with E-state index < -0.39 is 23.6 Å². The number of anilines is 1. The van der Waals surface area contributed by atoms with Gasteiger partial charge in [0.1, 0.15) is 17.2 Å². The van der Waals surface area contributed by atoms with Gasteiger partial charge in [0.2, 0.25) is 0 Å². The molecular weight excluding hydrogens is 307 g/mol. The van der Waals surface area contributed by atoms with Crippen molar-refractivity contribution in [2.75, 3.05) is 18.0 Å². The molecule has 2 N–H and O–H groups in total. The van der Waals surface area contributed by atoms with Crippen LogP contribution in [-0.4, -0.2) is 29.9 Å². The van der Waals surface area contributed by atoms with Crippen LogP contribution in [0.1, 0.15) is 23.7 Å². The van der Waals surface area contributed by atoms with Gasteiger partial charge in [-0.15, -0.1) is 0 Å². The largest absolute Gasteiger partial charge is 0.365 e. The number of aromatic nitrogens is 1. The number of pyridine rings is 1. The number of nitrogens with zero attached hydrogens (tertiary/aromatic N) is 2. The lowest BCUT2D eigenvalue weighted by molar-refractivity contribution is -0.0652. The van der Waals surface area contributed by atoms with Crippen LogP contribution >= 0.6 is 0 Å². The average Bonchev–Trinajstić information content (AvgIpc) is 2.49. The van der Waals surface area contributed by atoms with Crippen molar-refractivity contribution < 1.29 is 18.0 Å². The molecule has 2 aromatic rings. The molecule has 1 aromatic carbocycles. The number of piperidine rings is 1. The Morgan fingerprint density at radius 1 is 1.43 bits per heavy atom. The Labute approximate surface area is 131 Å². The summed E-state index contributed by atoms with van der Waals surface area (Å²) in [7, 11) is 0. The number of fused-ring (bicyclic) bond motifs is 1. The van der Waals surface area contributed by atoms with Gasteiger partial charge in [0, 0.05) is 30.8 Å². The van der Waals surface area contributed by atoms with E-state index in [1.165, 1.54) is 25.1 Å². The van der Waals surface area contributed by atoms with Crippen LogP contribution in [0.2, 0.25) is 0 Å². The Kier molecular flexibility index (Phi) is 3.66. The number of carbonyl (C=O) groups is 1. The summed E-state index contributed by atoms with van der Waals surface area (Å²) >= 11 is 0. The van der Waals surface area contributed by atoms with Crippen LogP contribution in [0.3, 0.4) is 0 Å². The molecule has 1 unspecified atom stereocenters. The molecular formula is C16H16F3N3O. The summed E-state index contributed by atoms with van der Waals surface area (Å²) in [5.74, 6) is -4.74. The minimum atomic E-state index is -2.76. The first-order valence-electron chi connectivity index (χ1n) is 7.31. The fourth-order valence-electron chi connectivity index (χ4n) is 2.85. The standard InChI is InChI=1S/C16H16F3N3O/c1-9-8-22(6-5-16(9,18)19)15-11(14(20)23)7-10-3-2-4-12(17)13(10)21-15/h2-4,7,9H,5-6,8H2,1H3,(H2,20,23). The fraction of sp³-hybridized carbons (Fsp3) is 0.375. The molecule has 122 valence electrons. The highest BCUT2D eigenvalue weighted by atomic mass is 19.3. The summed E-state index contributed by atoms with van der Waals surface area (Å²) in [6.07, 6.45) is -0.344. The second kappa shape index (κ2) is 5.40. The molecule has 0 spiro atoms. The van der Waals surface area contributed by atoms with Crippen molar-refractivity contribution in [3.63, 3.8) is 0 Å². The third-order valence-corrected chi connectivity index (χ3v) is 4.27. The topological polar surface area (TPSA) is 59.2 Å². The van der Waals surface area contributed by atoms with Gasteiger partial charge >= 0.3 is 0 Å². The maximum absolute atomic E-state index is 13.9. The first-order chi connectivity index (χ1) is 10.8. The zero-order valence-corrected chi connectivity index (χ0v) is 12.5. The normalized spacial score (nSPS) is 20.7. The Morgan fingerprint density at radius 3 is 2.83 bits per heavy atom. The zero-order chi connectivity index (χ0) is 16.8. The van der Waals surface area contributed by atoms with Gasteiger partial charge in [-0.1, -0.05) is 19.1 Å². The summed E-state index contributed by atoms with van der Waals surface area (Å²) in [5, 5.41) is 0.443. The zero-order valence-electron chi connectivity index (χ0n) is 12.5. The number of rotatable bonds is 2. The SMILES string of the molecule is CC1CN(c2nc3c(F)cccc3cc2C(N)=O)CCC1(F)F. The first kappa shape index (κ1) is 15.6. The highest BCUT2D eigenvalue weighted by Crippen LogP contribution is 2.36. The fourth-order valence-corrected chi connectivity index (χ4v) is 2.85. The van der Waals surface area contributed by atoms with Crippen LogP contribution in [0.4, 0.5) is 19.0 Å². The smallest absolute Gasteiger partial charge is 0.254 e. The number of halogens is 3. The van der Waals surface area contributed by atoms with E-state index in [0.717, 1.165) is 0 Å². The average molecular weight is 323 g/mol. The number of primary amides is 1. The number of nitrogens with two attached hydrogens (primary N) is 1. The van der Waals surface area contributed by atoms with Gasteiger partial charge in [-0.2, -0.15) is 0 Å². The molecule has 2 heterocycles. The Hall–Kier alpha value is -2.31. The van der Waals surface area contributed by atoms with E-state index in [1.807, 2.05) is 0 Å². The van der Waals surface area contributed by atoms with Crippen LogP contribution in [0.15, 0.2) is 24.3 Å². The minimum Gasteiger partial charge on any atom is -0.365 e. The number of amides is 1. The first-order valence-corrected chi connectivity index (χ1v) is 7.31. The quantitative estimate of drug-likeness (QED) is 0.924. The molecule has 7 heteroatoms. The van der Waals surface area contributed by atoms with Crippen molar-refractivity contribution in [1.82, 2.24) is 4.98 Å². The van der Waals surface area contributed by atoms with Gasteiger partial charge in [-0.3, -0.25) is 4.79 Å². The number of carbonyl (C=O) groups excluding carboxylic acids is 1. The monoisotopic (exact) mass is 323 g/mol. The van der Waals surface area contributed by atoms with E-state index in [4.69, 9.17) is 5.73 Å². The third-order valence-electron chi connectivity index (χ3n) is 4.27. The third kappa shape index (κ3) is 2.71. The molecule has 4 nitrogen and oxygen atoms in total. The van der Waals surface area contributed by atoms with E-state index in [2.05, 4.69) is 4.98 Å². The molecule has 0 bridgehead atoms. The lowest BCUT2D eigenvalue weighted by Gasteiger charge is -2.37. The molecule has 0 saturated carbocycles. The van der Waals surface area contributed by atoms with Gasteiger partial charge in [0.05, 0.1) is 5.56 Å². The summed E-state index contributed by atoms with van der Waals surface area (Å²) in [4.78, 5) is 17.5. The van der Waals surface area contributed by atoms with Gasteiger partial charge in [0.25, 0.3) is 11.8 Å². The Morgan fingerprint density at radius 2 is 2.17 bits per heavy atom. The summed E-state index contributed by atoms with van der Waals surface area (Å²) in [6, 6.07) is 5.85.